The number of nitrogens with zero attached hydrogens (tertiary/aromatic N) is 4. The lowest BCUT2D eigenvalue weighted by Crippen LogP contribution is -2.05. The van der Waals surface area contributed by atoms with E-state index in [0.717, 1.165) is 11.1 Å². The van der Waals surface area contributed by atoms with E-state index in [1.54, 1.807) is 12.1 Å². The van der Waals surface area contributed by atoms with Crippen molar-refractivity contribution in [1.29, 1.82) is 0 Å². The van der Waals surface area contributed by atoms with Crippen LogP contribution in [0.15, 0.2) is 53.2 Å². The lowest BCUT2D eigenvalue weighted by atomic mass is 10.1. The summed E-state index contributed by atoms with van der Waals surface area (Å²) in [6.07, 6.45) is -1.14. The summed E-state index contributed by atoms with van der Waals surface area (Å²) < 4.78 is 45.3. The number of aromatic nitrogens is 4. The molecule has 9 heteroatoms. The first kappa shape index (κ1) is 18.3. The molecule has 0 atom stereocenters. The second-order valence-corrected chi connectivity index (χ2v) is 6.79. The predicted octanol–water partition coefficient (Wildman–Crippen LogP) is 4.49. The summed E-state index contributed by atoms with van der Waals surface area (Å²) in [5, 5.41) is 8.11. The predicted molar refractivity (Wildman–Crippen MR) is 102 cm³/mol. The maximum atomic E-state index is 13.9. The van der Waals surface area contributed by atoms with Crippen molar-refractivity contribution >= 4 is 0 Å². The van der Waals surface area contributed by atoms with Gasteiger partial charge in [-0.3, -0.25) is 0 Å². The van der Waals surface area contributed by atoms with E-state index in [1.807, 2.05) is 37.3 Å². The molecule has 3 heterocycles. The van der Waals surface area contributed by atoms with Gasteiger partial charge in [0.2, 0.25) is 6.79 Å². The van der Waals surface area contributed by atoms with Crippen LogP contribution in [0.1, 0.15) is 29.1 Å². The van der Waals surface area contributed by atoms with Crippen molar-refractivity contribution in [2.75, 3.05) is 6.79 Å². The fourth-order valence-electron chi connectivity index (χ4n) is 3.46. The maximum Gasteiger partial charge on any atom is 0.281 e. The molecule has 0 spiro atoms. The Hall–Kier alpha value is -3.75. The molecule has 2 aromatic heterocycles. The molecule has 30 heavy (non-hydrogen) atoms. The van der Waals surface area contributed by atoms with E-state index in [2.05, 4.69) is 15.2 Å². The van der Waals surface area contributed by atoms with Gasteiger partial charge < -0.3 is 14.0 Å². The van der Waals surface area contributed by atoms with Gasteiger partial charge in [0.05, 0.1) is 17.4 Å². The molecule has 4 aromatic rings. The SMILES string of the molecule is Cc1ccccc1-n1ncc(-c2nc(Cc3cccc4c3OCO4)no2)c1C(F)F. The Balaban J connectivity index is 1.50. The molecule has 1 aliphatic heterocycles. The van der Waals surface area contributed by atoms with Crippen LogP contribution < -0.4 is 9.47 Å². The first-order chi connectivity index (χ1) is 14.6. The average molecular weight is 410 g/mol. The summed E-state index contributed by atoms with van der Waals surface area (Å²) in [6, 6.07) is 12.7. The van der Waals surface area contributed by atoms with Crippen LogP contribution in [0.4, 0.5) is 8.78 Å². The summed E-state index contributed by atoms with van der Waals surface area (Å²) >= 11 is 0. The first-order valence-corrected chi connectivity index (χ1v) is 9.24. The number of hydrogen-bond acceptors (Lipinski definition) is 6. The van der Waals surface area contributed by atoms with Crippen molar-refractivity contribution in [3.8, 4) is 28.6 Å². The Labute approximate surface area is 169 Å². The van der Waals surface area contributed by atoms with Gasteiger partial charge in [-0.15, -0.1) is 0 Å². The van der Waals surface area contributed by atoms with Crippen molar-refractivity contribution in [2.24, 2.45) is 0 Å². The van der Waals surface area contributed by atoms with E-state index in [4.69, 9.17) is 14.0 Å². The fraction of sp³-hybridized carbons (Fsp3) is 0.190. The van der Waals surface area contributed by atoms with Gasteiger partial charge in [-0.1, -0.05) is 35.5 Å². The summed E-state index contributed by atoms with van der Waals surface area (Å²) in [4.78, 5) is 4.31. The number of ether oxygens (including phenoxy) is 2. The Bertz CT molecular complexity index is 1220. The first-order valence-electron chi connectivity index (χ1n) is 9.24. The zero-order valence-corrected chi connectivity index (χ0v) is 15.9. The van der Waals surface area contributed by atoms with Crippen molar-refractivity contribution in [1.82, 2.24) is 19.9 Å². The van der Waals surface area contributed by atoms with Crippen LogP contribution in [0.3, 0.4) is 0 Å². The molecule has 0 aliphatic carbocycles. The summed E-state index contributed by atoms with van der Waals surface area (Å²) in [7, 11) is 0. The molecule has 0 saturated carbocycles. The minimum atomic E-state index is -2.78. The van der Waals surface area contributed by atoms with Gasteiger partial charge in [0, 0.05) is 12.0 Å². The lowest BCUT2D eigenvalue weighted by molar-refractivity contribution is 0.143. The Morgan fingerprint density at radius 3 is 2.80 bits per heavy atom. The highest BCUT2D eigenvalue weighted by Crippen LogP contribution is 2.37. The number of aryl methyl sites for hydroxylation is 1. The van der Waals surface area contributed by atoms with Crippen LogP contribution in [0, 0.1) is 6.92 Å². The second kappa shape index (κ2) is 7.25. The molecule has 0 N–H and O–H groups in total. The van der Waals surface area contributed by atoms with Crippen LogP contribution in [-0.4, -0.2) is 26.7 Å². The molecule has 0 unspecified atom stereocenters. The van der Waals surface area contributed by atoms with Crippen molar-refractivity contribution < 1.29 is 22.8 Å². The largest absolute Gasteiger partial charge is 0.454 e. The van der Waals surface area contributed by atoms with Crippen molar-refractivity contribution in [3.63, 3.8) is 0 Å². The third-order valence-corrected chi connectivity index (χ3v) is 4.88. The van der Waals surface area contributed by atoms with Crippen LogP contribution in [0.5, 0.6) is 11.5 Å². The molecule has 0 amide bonds. The normalized spacial score (nSPS) is 12.7. The standard InChI is InChI=1S/C21H16F2N4O3/c1-12-5-2-3-7-15(12)27-18(20(22)23)14(10-24-27)21-25-17(26-30-21)9-13-6-4-8-16-19(13)29-11-28-16/h2-8,10,20H,9,11H2,1H3. The van der Waals surface area contributed by atoms with Gasteiger partial charge in [0.1, 0.15) is 5.69 Å². The highest BCUT2D eigenvalue weighted by molar-refractivity contribution is 5.58. The molecular weight excluding hydrogens is 394 g/mol. The summed E-state index contributed by atoms with van der Waals surface area (Å²) in [5.74, 6) is 1.61. The van der Waals surface area contributed by atoms with Gasteiger partial charge in [-0.05, 0) is 24.6 Å². The van der Waals surface area contributed by atoms with Crippen LogP contribution in [-0.2, 0) is 6.42 Å². The molecule has 152 valence electrons. The number of fused-ring (bicyclic) bond motifs is 1. The lowest BCUT2D eigenvalue weighted by Gasteiger charge is -2.10. The second-order valence-electron chi connectivity index (χ2n) is 6.79. The summed E-state index contributed by atoms with van der Waals surface area (Å²) in [5.41, 5.74) is 2.01. The van der Waals surface area contributed by atoms with Gasteiger partial charge in [-0.2, -0.15) is 10.1 Å². The summed E-state index contributed by atoms with van der Waals surface area (Å²) in [6.45, 7) is 1.99. The van der Waals surface area contributed by atoms with Gasteiger partial charge in [-0.25, -0.2) is 13.5 Å². The third kappa shape index (κ3) is 3.08. The van der Waals surface area contributed by atoms with Crippen LogP contribution >= 0.6 is 0 Å². The molecule has 5 rings (SSSR count). The molecule has 0 radical (unpaired) electrons. The molecule has 1 aliphatic rings. The molecular formula is C21H16F2N4O3. The highest BCUT2D eigenvalue weighted by atomic mass is 19.3. The van der Waals surface area contributed by atoms with Crippen LogP contribution in [0.2, 0.25) is 0 Å². The number of halogens is 2. The van der Waals surface area contributed by atoms with E-state index in [-0.39, 0.29) is 23.9 Å². The molecule has 0 fully saturated rings. The fourth-order valence-corrected chi connectivity index (χ4v) is 3.46. The number of para-hydroxylation sites is 2. The Morgan fingerprint density at radius 1 is 1.10 bits per heavy atom. The molecule has 2 aromatic carbocycles. The van der Waals surface area contributed by atoms with E-state index < -0.39 is 6.43 Å². The quantitative estimate of drug-likeness (QED) is 0.483. The third-order valence-electron chi connectivity index (χ3n) is 4.88. The number of benzene rings is 2. The average Bonchev–Trinajstić information content (AvgIpc) is 3.47. The Morgan fingerprint density at radius 2 is 1.97 bits per heavy atom. The van der Waals surface area contributed by atoms with Gasteiger partial charge in [0.15, 0.2) is 17.3 Å². The van der Waals surface area contributed by atoms with Crippen LogP contribution in [0.25, 0.3) is 17.1 Å². The molecule has 7 nitrogen and oxygen atoms in total. The zero-order valence-electron chi connectivity index (χ0n) is 15.9. The monoisotopic (exact) mass is 410 g/mol. The van der Waals surface area contributed by atoms with E-state index in [9.17, 15) is 8.78 Å². The number of rotatable bonds is 5. The zero-order chi connectivity index (χ0) is 20.7. The van der Waals surface area contributed by atoms with E-state index in [1.165, 1.54) is 10.9 Å². The smallest absolute Gasteiger partial charge is 0.281 e. The topological polar surface area (TPSA) is 75.2 Å². The van der Waals surface area contributed by atoms with E-state index >= 15 is 0 Å². The minimum Gasteiger partial charge on any atom is -0.454 e. The Kier molecular flexibility index (Phi) is 4.42. The number of alkyl halides is 2. The highest BCUT2D eigenvalue weighted by Gasteiger charge is 2.26. The van der Waals surface area contributed by atoms with Crippen molar-refractivity contribution in [3.05, 3.63) is 71.3 Å². The van der Waals surface area contributed by atoms with Gasteiger partial charge >= 0.3 is 0 Å². The molecule has 0 bridgehead atoms. The van der Waals surface area contributed by atoms with Gasteiger partial charge in [0.25, 0.3) is 12.3 Å². The minimum absolute atomic E-state index is 0.00937. The van der Waals surface area contributed by atoms with Crippen molar-refractivity contribution in [2.45, 2.75) is 19.8 Å². The molecule has 0 saturated heterocycles. The van der Waals surface area contributed by atoms with E-state index in [0.29, 0.717) is 29.4 Å². The number of hydrogen-bond donors (Lipinski definition) is 0. The maximum absolute atomic E-state index is 13.9.